The van der Waals surface area contributed by atoms with E-state index in [1.54, 1.807) is 0 Å². The molecule has 1 saturated carbocycles. The van der Waals surface area contributed by atoms with Crippen molar-refractivity contribution in [3.05, 3.63) is 24.3 Å². The van der Waals surface area contributed by atoms with Gasteiger partial charge < -0.3 is 0 Å². The molecular formula is C13H18FNO4S2. The molecule has 118 valence electrons. The predicted octanol–water partition coefficient (Wildman–Crippen LogP) is 2.16. The van der Waals surface area contributed by atoms with Gasteiger partial charge in [0, 0.05) is 13.1 Å². The van der Waals surface area contributed by atoms with Crippen LogP contribution in [0.25, 0.3) is 0 Å². The number of halogens is 1. The van der Waals surface area contributed by atoms with Crippen molar-refractivity contribution in [2.75, 3.05) is 13.1 Å². The van der Waals surface area contributed by atoms with Gasteiger partial charge in [0.05, 0.1) is 9.79 Å². The largest absolute Gasteiger partial charge is 0.332 e. The topological polar surface area (TPSA) is 71.5 Å². The van der Waals surface area contributed by atoms with Crippen molar-refractivity contribution in [1.82, 2.24) is 4.31 Å². The molecule has 0 radical (unpaired) electrons. The average Bonchev–Trinajstić information content (AvgIpc) is 3.21. The van der Waals surface area contributed by atoms with Crippen molar-refractivity contribution in [1.29, 1.82) is 0 Å². The Balaban J connectivity index is 2.36. The van der Waals surface area contributed by atoms with Gasteiger partial charge in [0.25, 0.3) is 0 Å². The zero-order valence-electron chi connectivity index (χ0n) is 11.7. The van der Waals surface area contributed by atoms with E-state index in [4.69, 9.17) is 0 Å². The zero-order valence-corrected chi connectivity index (χ0v) is 13.3. The molecule has 1 aromatic carbocycles. The van der Waals surface area contributed by atoms with E-state index < -0.39 is 25.1 Å². The zero-order chi connectivity index (χ0) is 15.7. The summed E-state index contributed by atoms with van der Waals surface area (Å²) in [5.41, 5.74) is 0. The second-order valence-corrected chi connectivity index (χ2v) is 8.50. The second kappa shape index (κ2) is 6.02. The summed E-state index contributed by atoms with van der Waals surface area (Å²) in [5.74, 6) is 0.374. The van der Waals surface area contributed by atoms with Gasteiger partial charge >= 0.3 is 10.2 Å². The number of hydrogen-bond acceptors (Lipinski definition) is 4. The van der Waals surface area contributed by atoms with Crippen molar-refractivity contribution in [2.45, 2.75) is 36.0 Å². The summed E-state index contributed by atoms with van der Waals surface area (Å²) in [6, 6.07) is 4.44. The fraction of sp³-hybridized carbons (Fsp3) is 0.538. The first kappa shape index (κ1) is 16.4. The molecule has 0 amide bonds. The normalized spacial score (nSPS) is 16.3. The van der Waals surface area contributed by atoms with E-state index in [1.165, 1.54) is 16.4 Å². The molecule has 0 spiro atoms. The smallest absolute Gasteiger partial charge is 0.207 e. The SMILES string of the molecule is CCCN(CC1CC1)S(=O)(=O)c1cccc(S(=O)(=O)F)c1. The summed E-state index contributed by atoms with van der Waals surface area (Å²) in [4.78, 5) is -0.818. The Kier molecular flexibility index (Phi) is 4.69. The Labute approximate surface area is 125 Å². The molecule has 1 aliphatic carbocycles. The summed E-state index contributed by atoms with van der Waals surface area (Å²) in [7, 11) is -8.72. The van der Waals surface area contributed by atoms with E-state index in [9.17, 15) is 20.7 Å². The van der Waals surface area contributed by atoms with Gasteiger partial charge in [-0.1, -0.05) is 13.0 Å². The van der Waals surface area contributed by atoms with Crippen molar-refractivity contribution in [3.63, 3.8) is 0 Å². The van der Waals surface area contributed by atoms with E-state index in [1.807, 2.05) is 6.92 Å². The molecule has 0 bridgehead atoms. The summed E-state index contributed by atoms with van der Waals surface area (Å²) >= 11 is 0. The Morgan fingerprint density at radius 3 is 2.33 bits per heavy atom. The molecule has 5 nitrogen and oxygen atoms in total. The Morgan fingerprint density at radius 2 is 1.81 bits per heavy atom. The Morgan fingerprint density at radius 1 is 1.19 bits per heavy atom. The number of sulfonamides is 1. The van der Waals surface area contributed by atoms with Crippen LogP contribution < -0.4 is 0 Å². The average molecular weight is 335 g/mol. The lowest BCUT2D eigenvalue weighted by atomic mass is 10.4. The lowest BCUT2D eigenvalue weighted by molar-refractivity contribution is 0.395. The maximum absolute atomic E-state index is 13.0. The van der Waals surface area contributed by atoms with Crippen LogP contribution in [0.3, 0.4) is 0 Å². The number of rotatable bonds is 7. The Bertz CT molecular complexity index is 711. The predicted molar refractivity (Wildman–Crippen MR) is 76.5 cm³/mol. The molecule has 8 heteroatoms. The van der Waals surface area contributed by atoms with Gasteiger partial charge in [-0.25, -0.2) is 8.42 Å². The van der Waals surface area contributed by atoms with Crippen LogP contribution in [0.2, 0.25) is 0 Å². The molecule has 0 N–H and O–H groups in total. The molecule has 1 aromatic rings. The second-order valence-electron chi connectivity index (χ2n) is 5.22. The van der Waals surface area contributed by atoms with Crippen LogP contribution in [0.5, 0.6) is 0 Å². The summed E-state index contributed by atoms with van der Waals surface area (Å²) in [5, 5.41) is 0. The monoisotopic (exact) mass is 335 g/mol. The van der Waals surface area contributed by atoms with Gasteiger partial charge in [0.1, 0.15) is 0 Å². The third-order valence-electron chi connectivity index (χ3n) is 3.36. The van der Waals surface area contributed by atoms with Crippen molar-refractivity contribution >= 4 is 20.2 Å². The van der Waals surface area contributed by atoms with E-state index in [2.05, 4.69) is 0 Å². The molecule has 1 aliphatic rings. The molecule has 0 heterocycles. The highest BCUT2D eigenvalue weighted by Gasteiger charge is 2.31. The molecule has 0 aromatic heterocycles. The lowest BCUT2D eigenvalue weighted by Crippen LogP contribution is -2.33. The third-order valence-corrected chi connectivity index (χ3v) is 6.03. The molecule has 0 unspecified atom stereocenters. The number of hydrogen-bond donors (Lipinski definition) is 0. The first-order valence-electron chi connectivity index (χ1n) is 6.80. The molecule has 1 fully saturated rings. The van der Waals surface area contributed by atoms with Gasteiger partial charge in [0.15, 0.2) is 0 Å². The fourth-order valence-corrected chi connectivity index (χ4v) is 4.32. The maximum atomic E-state index is 13.0. The third kappa shape index (κ3) is 4.02. The van der Waals surface area contributed by atoms with Crippen molar-refractivity contribution in [3.8, 4) is 0 Å². The van der Waals surface area contributed by atoms with Crippen LogP contribution in [0.4, 0.5) is 3.89 Å². The molecule has 2 rings (SSSR count). The summed E-state index contributed by atoms with van der Waals surface area (Å²) < 4.78 is 61.4. The highest BCUT2D eigenvalue weighted by Crippen LogP contribution is 2.32. The molecular weight excluding hydrogens is 317 g/mol. The molecule has 21 heavy (non-hydrogen) atoms. The highest BCUT2D eigenvalue weighted by molar-refractivity contribution is 7.89. The van der Waals surface area contributed by atoms with E-state index >= 15 is 0 Å². The van der Waals surface area contributed by atoms with Crippen molar-refractivity contribution in [2.24, 2.45) is 5.92 Å². The minimum Gasteiger partial charge on any atom is -0.207 e. The Hall–Kier alpha value is -0.990. The van der Waals surface area contributed by atoms with Gasteiger partial charge in [0.2, 0.25) is 10.0 Å². The van der Waals surface area contributed by atoms with E-state index in [0.717, 1.165) is 25.0 Å². The number of benzene rings is 1. The van der Waals surface area contributed by atoms with Crippen LogP contribution in [-0.4, -0.2) is 34.2 Å². The van der Waals surface area contributed by atoms with Crippen LogP contribution in [0.1, 0.15) is 26.2 Å². The van der Waals surface area contributed by atoms with Gasteiger partial charge in [-0.05, 0) is 43.4 Å². The van der Waals surface area contributed by atoms with Crippen LogP contribution >= 0.6 is 0 Å². The molecule has 0 saturated heterocycles. The van der Waals surface area contributed by atoms with Crippen molar-refractivity contribution < 1.29 is 20.7 Å². The summed E-state index contributed by atoms with van der Waals surface area (Å²) in [6.45, 7) is 2.67. The van der Waals surface area contributed by atoms with Crippen LogP contribution in [0.15, 0.2) is 34.1 Å². The summed E-state index contributed by atoms with van der Waals surface area (Å²) in [6.07, 6.45) is 2.68. The molecule has 0 aliphatic heterocycles. The minimum atomic E-state index is -4.92. The lowest BCUT2D eigenvalue weighted by Gasteiger charge is -2.21. The minimum absolute atomic E-state index is 0.185. The number of nitrogens with zero attached hydrogens (tertiary/aromatic N) is 1. The fourth-order valence-electron chi connectivity index (χ4n) is 2.08. The van der Waals surface area contributed by atoms with Gasteiger partial charge in [-0.15, -0.1) is 3.89 Å². The molecule has 0 atom stereocenters. The van der Waals surface area contributed by atoms with E-state index in [0.29, 0.717) is 25.4 Å². The highest BCUT2D eigenvalue weighted by atomic mass is 32.3. The first-order valence-corrected chi connectivity index (χ1v) is 9.62. The maximum Gasteiger partial charge on any atom is 0.332 e. The van der Waals surface area contributed by atoms with Crippen LogP contribution in [0, 0.1) is 5.92 Å². The first-order chi connectivity index (χ1) is 9.75. The van der Waals surface area contributed by atoms with Crippen LogP contribution in [-0.2, 0) is 20.2 Å². The quantitative estimate of drug-likeness (QED) is 0.716. The van der Waals surface area contributed by atoms with E-state index in [-0.39, 0.29) is 4.90 Å². The van der Waals surface area contributed by atoms with Gasteiger partial charge in [-0.2, -0.15) is 12.7 Å². The van der Waals surface area contributed by atoms with Gasteiger partial charge in [-0.3, -0.25) is 0 Å². The standard InChI is InChI=1S/C13H18FNO4S2/c1-2-8-15(10-11-6-7-11)21(18,19)13-5-3-4-12(9-13)20(14,16)17/h3-5,9,11H,2,6-8,10H2,1H3.